The summed E-state index contributed by atoms with van der Waals surface area (Å²) in [4.78, 5) is 27.0. The first-order valence-electron chi connectivity index (χ1n) is 8.75. The second-order valence-electron chi connectivity index (χ2n) is 7.09. The van der Waals surface area contributed by atoms with E-state index in [0.29, 0.717) is 30.8 Å². The molecule has 2 saturated heterocycles. The van der Waals surface area contributed by atoms with Gasteiger partial charge in [-0.15, -0.1) is 11.8 Å². The van der Waals surface area contributed by atoms with Crippen molar-refractivity contribution in [1.29, 1.82) is 0 Å². The maximum atomic E-state index is 12.7. The molecule has 0 bridgehead atoms. The second kappa shape index (κ2) is 8.92. The smallest absolute Gasteiger partial charge is 0.243 e. The molecule has 5 nitrogen and oxygen atoms in total. The van der Waals surface area contributed by atoms with Crippen LogP contribution in [0.1, 0.15) is 46.5 Å². The average molecular weight is 343 g/mol. The fourth-order valence-corrected chi connectivity index (χ4v) is 4.21. The summed E-state index contributed by atoms with van der Waals surface area (Å²) in [7, 11) is 0. The number of hydrogen-bond donors (Lipinski definition) is 1. The number of amides is 2. The van der Waals surface area contributed by atoms with E-state index in [1.165, 1.54) is 0 Å². The first kappa shape index (κ1) is 18.6. The van der Waals surface area contributed by atoms with E-state index in [-0.39, 0.29) is 29.8 Å². The molecule has 0 aromatic rings. The molecule has 0 aliphatic carbocycles. The quantitative estimate of drug-likeness (QED) is 0.804. The van der Waals surface area contributed by atoms with Crippen molar-refractivity contribution in [3.05, 3.63) is 0 Å². The van der Waals surface area contributed by atoms with Crippen molar-refractivity contribution >= 4 is 23.6 Å². The van der Waals surface area contributed by atoms with Crippen molar-refractivity contribution in [3.8, 4) is 0 Å². The lowest BCUT2D eigenvalue weighted by atomic mass is 9.98. The van der Waals surface area contributed by atoms with Gasteiger partial charge in [-0.3, -0.25) is 9.59 Å². The Hall–Kier alpha value is -0.750. The summed E-state index contributed by atoms with van der Waals surface area (Å²) in [6, 6.07) is -0.146. The highest BCUT2D eigenvalue weighted by Crippen LogP contribution is 2.26. The summed E-state index contributed by atoms with van der Waals surface area (Å²) in [6.07, 6.45) is 3.64. The topological polar surface area (TPSA) is 58.6 Å². The molecule has 132 valence electrons. The molecular weight excluding hydrogens is 312 g/mol. The molecule has 2 aliphatic rings. The predicted molar refractivity (Wildman–Crippen MR) is 93.2 cm³/mol. The maximum absolute atomic E-state index is 12.7. The minimum atomic E-state index is -0.308. The van der Waals surface area contributed by atoms with E-state index in [0.717, 1.165) is 25.7 Å². The Bertz CT molecular complexity index is 411. The van der Waals surface area contributed by atoms with Gasteiger partial charge < -0.3 is 15.0 Å². The standard InChI is InChI=1S/C17H30N2O3S/c1-12(2)4-5-13(3)18-16(20)15-10-23-11-19(15)17(21)14-6-8-22-9-7-14/h12-15H,4-11H2,1-3H3,(H,18,20)/t13-,15-/m0/s1. The molecule has 2 aliphatic heterocycles. The zero-order chi connectivity index (χ0) is 16.8. The SMILES string of the molecule is CC(C)CC[C@H](C)NC(=O)[C@@H]1CSCN1C(=O)C1CCOCC1. The van der Waals surface area contributed by atoms with Gasteiger partial charge in [0.05, 0.1) is 5.88 Å². The molecular formula is C17H30N2O3S. The highest BCUT2D eigenvalue weighted by atomic mass is 32.2. The first-order valence-corrected chi connectivity index (χ1v) is 9.91. The Kier molecular flexibility index (Phi) is 7.21. The van der Waals surface area contributed by atoms with Gasteiger partial charge in [0, 0.05) is 30.9 Å². The molecule has 2 amide bonds. The Morgan fingerprint density at radius 2 is 1.91 bits per heavy atom. The van der Waals surface area contributed by atoms with Crippen molar-refractivity contribution in [2.75, 3.05) is 24.8 Å². The highest BCUT2D eigenvalue weighted by Gasteiger charge is 2.38. The van der Waals surface area contributed by atoms with Crippen LogP contribution in [0.4, 0.5) is 0 Å². The Balaban J connectivity index is 1.87. The zero-order valence-electron chi connectivity index (χ0n) is 14.5. The zero-order valence-corrected chi connectivity index (χ0v) is 15.4. The predicted octanol–water partition coefficient (Wildman–Crippen LogP) is 2.26. The normalized spacial score (nSPS) is 24.0. The summed E-state index contributed by atoms with van der Waals surface area (Å²) < 4.78 is 5.33. The fraction of sp³-hybridized carbons (Fsp3) is 0.882. The molecule has 0 radical (unpaired) electrons. The number of hydrogen-bond acceptors (Lipinski definition) is 4. The van der Waals surface area contributed by atoms with Crippen molar-refractivity contribution in [3.63, 3.8) is 0 Å². The van der Waals surface area contributed by atoms with Gasteiger partial charge >= 0.3 is 0 Å². The van der Waals surface area contributed by atoms with Crippen LogP contribution in [0.3, 0.4) is 0 Å². The maximum Gasteiger partial charge on any atom is 0.243 e. The van der Waals surface area contributed by atoms with Gasteiger partial charge in [-0.05, 0) is 38.5 Å². The van der Waals surface area contributed by atoms with E-state index < -0.39 is 0 Å². The van der Waals surface area contributed by atoms with Gasteiger partial charge in [-0.1, -0.05) is 13.8 Å². The third-order valence-electron chi connectivity index (χ3n) is 4.60. The number of nitrogens with one attached hydrogen (secondary N) is 1. The van der Waals surface area contributed by atoms with Gasteiger partial charge in [0.1, 0.15) is 6.04 Å². The number of ether oxygens (including phenoxy) is 1. The Morgan fingerprint density at radius 3 is 2.57 bits per heavy atom. The lowest BCUT2D eigenvalue weighted by molar-refractivity contribution is -0.143. The van der Waals surface area contributed by atoms with Gasteiger partial charge in [0.15, 0.2) is 0 Å². The minimum Gasteiger partial charge on any atom is -0.381 e. The van der Waals surface area contributed by atoms with Crippen molar-refractivity contribution in [2.45, 2.75) is 58.5 Å². The van der Waals surface area contributed by atoms with E-state index >= 15 is 0 Å². The summed E-state index contributed by atoms with van der Waals surface area (Å²) >= 11 is 1.67. The number of thioether (sulfide) groups is 1. The summed E-state index contributed by atoms with van der Waals surface area (Å²) in [6.45, 7) is 7.74. The third kappa shape index (κ3) is 5.38. The highest BCUT2D eigenvalue weighted by molar-refractivity contribution is 7.99. The van der Waals surface area contributed by atoms with Gasteiger partial charge in [-0.25, -0.2) is 0 Å². The molecule has 23 heavy (non-hydrogen) atoms. The molecule has 6 heteroatoms. The van der Waals surface area contributed by atoms with Crippen LogP contribution in [0.5, 0.6) is 0 Å². The van der Waals surface area contributed by atoms with Gasteiger partial charge in [0.2, 0.25) is 11.8 Å². The molecule has 2 rings (SSSR count). The molecule has 2 heterocycles. The molecule has 2 atom stereocenters. The lowest BCUT2D eigenvalue weighted by Gasteiger charge is -2.30. The van der Waals surface area contributed by atoms with Crippen LogP contribution in [-0.2, 0) is 14.3 Å². The van der Waals surface area contributed by atoms with E-state index in [1.54, 1.807) is 16.7 Å². The monoisotopic (exact) mass is 342 g/mol. The number of nitrogens with zero attached hydrogens (tertiary/aromatic N) is 1. The van der Waals surface area contributed by atoms with Crippen LogP contribution >= 0.6 is 11.8 Å². The third-order valence-corrected chi connectivity index (χ3v) is 5.62. The molecule has 0 unspecified atom stereocenters. The molecule has 0 aromatic carbocycles. The van der Waals surface area contributed by atoms with Crippen LogP contribution in [0, 0.1) is 11.8 Å². The van der Waals surface area contributed by atoms with Crippen LogP contribution in [0.2, 0.25) is 0 Å². The molecule has 0 spiro atoms. The van der Waals surface area contributed by atoms with E-state index in [9.17, 15) is 9.59 Å². The van der Waals surface area contributed by atoms with E-state index in [4.69, 9.17) is 4.74 Å². The molecule has 2 fully saturated rings. The van der Waals surface area contributed by atoms with Crippen LogP contribution in [0.25, 0.3) is 0 Å². The van der Waals surface area contributed by atoms with Crippen molar-refractivity contribution in [2.24, 2.45) is 11.8 Å². The van der Waals surface area contributed by atoms with Crippen LogP contribution in [0.15, 0.2) is 0 Å². The molecule has 0 aromatic heterocycles. The van der Waals surface area contributed by atoms with Crippen molar-refractivity contribution in [1.82, 2.24) is 10.2 Å². The summed E-state index contributed by atoms with van der Waals surface area (Å²) in [5.74, 6) is 2.14. The van der Waals surface area contributed by atoms with Crippen LogP contribution < -0.4 is 5.32 Å². The second-order valence-corrected chi connectivity index (χ2v) is 8.09. The van der Waals surface area contributed by atoms with Gasteiger partial charge in [-0.2, -0.15) is 0 Å². The molecule has 1 N–H and O–H groups in total. The fourth-order valence-electron chi connectivity index (χ4n) is 3.05. The Labute approximate surface area is 143 Å². The number of carbonyl (C=O) groups is 2. The Morgan fingerprint density at radius 1 is 1.22 bits per heavy atom. The summed E-state index contributed by atoms with van der Waals surface area (Å²) in [5.41, 5.74) is 0. The minimum absolute atomic E-state index is 0.00617. The summed E-state index contributed by atoms with van der Waals surface area (Å²) in [5, 5.41) is 3.09. The number of rotatable bonds is 6. The first-order chi connectivity index (χ1) is 11.0. The van der Waals surface area contributed by atoms with Crippen molar-refractivity contribution < 1.29 is 14.3 Å². The van der Waals surface area contributed by atoms with E-state index in [2.05, 4.69) is 19.2 Å². The molecule has 0 saturated carbocycles. The van der Waals surface area contributed by atoms with Gasteiger partial charge in [0.25, 0.3) is 0 Å². The number of carbonyl (C=O) groups excluding carboxylic acids is 2. The largest absolute Gasteiger partial charge is 0.381 e. The lowest BCUT2D eigenvalue weighted by Crippen LogP contribution is -2.51. The van der Waals surface area contributed by atoms with Crippen LogP contribution in [-0.4, -0.2) is 53.6 Å². The van der Waals surface area contributed by atoms with E-state index in [1.807, 2.05) is 6.92 Å². The average Bonchev–Trinajstić information content (AvgIpc) is 3.02.